The summed E-state index contributed by atoms with van der Waals surface area (Å²) >= 11 is 9.04. The van der Waals surface area contributed by atoms with Crippen molar-refractivity contribution < 1.29 is 9.90 Å². The maximum Gasteiger partial charge on any atom is 0.254 e. The Morgan fingerprint density at radius 2 is 2.35 bits per heavy atom. The number of hydrogen-bond donors (Lipinski definition) is 2. The molecule has 0 spiro atoms. The summed E-state index contributed by atoms with van der Waals surface area (Å²) in [6, 6.07) is 1.59. The summed E-state index contributed by atoms with van der Waals surface area (Å²) in [4.78, 5) is 15.7. The molecule has 0 aliphatic rings. The van der Waals surface area contributed by atoms with Crippen LogP contribution in [-0.4, -0.2) is 28.1 Å². The number of aliphatic hydroxyl groups is 1. The summed E-state index contributed by atoms with van der Waals surface area (Å²) in [5.41, 5.74) is -0.630. The van der Waals surface area contributed by atoms with Gasteiger partial charge in [0.05, 0.1) is 11.2 Å². The van der Waals surface area contributed by atoms with Gasteiger partial charge in [0.2, 0.25) is 0 Å². The van der Waals surface area contributed by atoms with Crippen molar-refractivity contribution in [1.82, 2.24) is 10.3 Å². The molecule has 0 bridgehead atoms. The minimum Gasteiger partial charge on any atom is -0.388 e. The molecule has 0 saturated heterocycles. The monoisotopic (exact) mass is 320 g/mol. The fourth-order valence-corrected chi connectivity index (χ4v) is 1.59. The molecule has 1 unspecified atom stereocenters. The van der Waals surface area contributed by atoms with Crippen LogP contribution in [0.3, 0.4) is 0 Å². The minimum atomic E-state index is -0.915. The van der Waals surface area contributed by atoms with E-state index in [9.17, 15) is 9.90 Å². The molecule has 1 heterocycles. The molecular formula is C11H14BrClN2O2. The summed E-state index contributed by atoms with van der Waals surface area (Å²) in [6.45, 7) is 3.68. The van der Waals surface area contributed by atoms with E-state index in [-0.39, 0.29) is 23.2 Å². The fraction of sp³-hybridized carbons (Fsp3) is 0.455. The summed E-state index contributed by atoms with van der Waals surface area (Å²) in [5.74, 6) is -0.350. The average Bonchev–Trinajstić information content (AvgIpc) is 2.29. The van der Waals surface area contributed by atoms with Gasteiger partial charge in [-0.3, -0.25) is 4.79 Å². The minimum absolute atomic E-state index is 0.141. The number of hydrogen-bond acceptors (Lipinski definition) is 3. The Morgan fingerprint density at radius 1 is 1.71 bits per heavy atom. The molecule has 6 heteroatoms. The van der Waals surface area contributed by atoms with Crippen LogP contribution in [0.15, 0.2) is 16.7 Å². The molecule has 0 fully saturated rings. The molecule has 0 radical (unpaired) electrons. The molecule has 1 aromatic rings. The second kappa shape index (κ2) is 5.80. The third-order valence-electron chi connectivity index (χ3n) is 2.44. The van der Waals surface area contributed by atoms with E-state index in [4.69, 9.17) is 11.6 Å². The largest absolute Gasteiger partial charge is 0.388 e. The summed E-state index contributed by atoms with van der Waals surface area (Å²) in [6.07, 6.45) is 2.07. The van der Waals surface area contributed by atoms with E-state index in [1.807, 2.05) is 6.92 Å². The van der Waals surface area contributed by atoms with E-state index in [2.05, 4.69) is 26.2 Å². The van der Waals surface area contributed by atoms with E-state index in [0.29, 0.717) is 10.9 Å². The van der Waals surface area contributed by atoms with Crippen molar-refractivity contribution in [3.8, 4) is 0 Å². The molecule has 1 rings (SSSR count). The molecule has 0 aliphatic carbocycles. The van der Waals surface area contributed by atoms with Gasteiger partial charge in [-0.25, -0.2) is 4.98 Å². The van der Waals surface area contributed by atoms with Crippen molar-refractivity contribution in [3.05, 3.63) is 27.5 Å². The van der Waals surface area contributed by atoms with Crippen LogP contribution in [0.25, 0.3) is 0 Å². The number of halogens is 2. The Bertz CT molecular complexity index is 424. The van der Waals surface area contributed by atoms with Gasteiger partial charge in [0.1, 0.15) is 5.15 Å². The Hall–Kier alpha value is -0.650. The molecular weight excluding hydrogens is 307 g/mol. The third-order valence-corrected chi connectivity index (χ3v) is 3.18. The first-order valence-electron chi connectivity index (χ1n) is 5.17. The SMILES string of the molecule is CCC(C)(O)CNC(=O)c1cc(Br)cnc1Cl. The second-order valence-electron chi connectivity index (χ2n) is 4.03. The molecule has 4 nitrogen and oxygen atoms in total. The lowest BCUT2D eigenvalue weighted by Gasteiger charge is -2.21. The summed E-state index contributed by atoms with van der Waals surface area (Å²) in [7, 11) is 0. The summed E-state index contributed by atoms with van der Waals surface area (Å²) in [5, 5.41) is 12.5. The number of rotatable bonds is 4. The number of carbonyl (C=O) groups excluding carboxylic acids is 1. The number of aromatic nitrogens is 1. The Labute approximate surface area is 114 Å². The van der Waals surface area contributed by atoms with Crippen molar-refractivity contribution in [2.75, 3.05) is 6.54 Å². The van der Waals surface area contributed by atoms with Gasteiger partial charge in [-0.1, -0.05) is 18.5 Å². The van der Waals surface area contributed by atoms with Crippen LogP contribution in [0.1, 0.15) is 30.6 Å². The summed E-state index contributed by atoms with van der Waals surface area (Å²) < 4.78 is 0.675. The molecule has 2 N–H and O–H groups in total. The van der Waals surface area contributed by atoms with Crippen LogP contribution in [0.5, 0.6) is 0 Å². The molecule has 1 atom stereocenters. The van der Waals surface area contributed by atoms with Crippen LogP contribution < -0.4 is 5.32 Å². The molecule has 1 amide bonds. The van der Waals surface area contributed by atoms with Gasteiger partial charge < -0.3 is 10.4 Å². The highest BCUT2D eigenvalue weighted by molar-refractivity contribution is 9.10. The molecule has 94 valence electrons. The van der Waals surface area contributed by atoms with Crippen LogP contribution >= 0.6 is 27.5 Å². The number of nitrogens with zero attached hydrogens (tertiary/aromatic N) is 1. The number of nitrogens with one attached hydrogen (secondary N) is 1. The normalized spacial score (nSPS) is 14.2. The predicted octanol–water partition coefficient (Wildman–Crippen LogP) is 2.39. The zero-order valence-electron chi connectivity index (χ0n) is 9.63. The van der Waals surface area contributed by atoms with Crippen molar-refractivity contribution in [3.63, 3.8) is 0 Å². The van der Waals surface area contributed by atoms with Crippen molar-refractivity contribution in [1.29, 1.82) is 0 Å². The van der Waals surface area contributed by atoms with Gasteiger partial charge in [-0.15, -0.1) is 0 Å². The highest BCUT2D eigenvalue weighted by Crippen LogP contribution is 2.18. The second-order valence-corrected chi connectivity index (χ2v) is 5.30. The zero-order chi connectivity index (χ0) is 13.1. The highest BCUT2D eigenvalue weighted by Gasteiger charge is 2.20. The Morgan fingerprint density at radius 3 is 2.94 bits per heavy atom. The molecule has 0 aromatic carbocycles. The van der Waals surface area contributed by atoms with Gasteiger partial charge in [0, 0.05) is 17.2 Å². The number of carbonyl (C=O) groups is 1. The fourth-order valence-electron chi connectivity index (χ4n) is 1.07. The molecule has 0 aliphatic heterocycles. The van der Waals surface area contributed by atoms with Crippen molar-refractivity contribution in [2.45, 2.75) is 25.9 Å². The van der Waals surface area contributed by atoms with E-state index < -0.39 is 5.60 Å². The maximum atomic E-state index is 11.8. The zero-order valence-corrected chi connectivity index (χ0v) is 12.0. The van der Waals surface area contributed by atoms with Crippen LogP contribution in [0, 0.1) is 0 Å². The lowest BCUT2D eigenvalue weighted by molar-refractivity contribution is 0.0518. The number of pyridine rings is 1. The van der Waals surface area contributed by atoms with Crippen LogP contribution in [0.2, 0.25) is 5.15 Å². The van der Waals surface area contributed by atoms with Crippen LogP contribution in [0.4, 0.5) is 0 Å². The van der Waals surface area contributed by atoms with Gasteiger partial charge in [-0.05, 0) is 35.3 Å². The average molecular weight is 322 g/mol. The van der Waals surface area contributed by atoms with E-state index in [1.165, 1.54) is 6.20 Å². The first kappa shape index (κ1) is 14.4. The topological polar surface area (TPSA) is 62.2 Å². The van der Waals surface area contributed by atoms with Gasteiger partial charge in [-0.2, -0.15) is 0 Å². The van der Waals surface area contributed by atoms with Gasteiger partial charge in [0.25, 0.3) is 5.91 Å². The molecule has 1 aromatic heterocycles. The highest BCUT2D eigenvalue weighted by atomic mass is 79.9. The Balaban J connectivity index is 2.74. The van der Waals surface area contributed by atoms with Crippen LogP contribution in [-0.2, 0) is 0 Å². The third kappa shape index (κ3) is 4.26. The standard InChI is InChI=1S/C11H14BrClN2O2/c1-3-11(2,17)6-15-10(16)8-4-7(12)5-14-9(8)13/h4-5,17H,3,6H2,1-2H3,(H,15,16). The van der Waals surface area contributed by atoms with E-state index >= 15 is 0 Å². The first-order valence-corrected chi connectivity index (χ1v) is 6.34. The van der Waals surface area contributed by atoms with Crippen molar-refractivity contribution in [2.24, 2.45) is 0 Å². The van der Waals surface area contributed by atoms with Gasteiger partial charge >= 0.3 is 0 Å². The lowest BCUT2D eigenvalue weighted by atomic mass is 10.0. The van der Waals surface area contributed by atoms with E-state index in [1.54, 1.807) is 13.0 Å². The van der Waals surface area contributed by atoms with E-state index in [0.717, 1.165) is 0 Å². The Kier molecular flexibility index (Phi) is 4.91. The van der Waals surface area contributed by atoms with Gasteiger partial charge in [0.15, 0.2) is 0 Å². The maximum absolute atomic E-state index is 11.8. The molecule has 0 saturated carbocycles. The van der Waals surface area contributed by atoms with Crippen molar-refractivity contribution >= 4 is 33.4 Å². The smallest absolute Gasteiger partial charge is 0.254 e. The lowest BCUT2D eigenvalue weighted by Crippen LogP contribution is -2.40. The predicted molar refractivity (Wildman–Crippen MR) is 70.2 cm³/mol. The number of amides is 1. The molecule has 17 heavy (non-hydrogen) atoms. The quantitative estimate of drug-likeness (QED) is 0.837. The first-order chi connectivity index (χ1) is 7.85.